The molecule has 0 atom stereocenters. The van der Waals surface area contributed by atoms with Crippen molar-refractivity contribution in [1.82, 2.24) is 4.98 Å². The van der Waals surface area contributed by atoms with E-state index in [9.17, 15) is 17.6 Å². The molecule has 0 bridgehead atoms. The Hall–Kier alpha value is -1.17. The van der Waals surface area contributed by atoms with Crippen LogP contribution in [0.2, 0.25) is 0 Å². The van der Waals surface area contributed by atoms with E-state index in [1.165, 1.54) is 0 Å². The summed E-state index contributed by atoms with van der Waals surface area (Å²) < 4.78 is 49.1. The number of hydrogen-bond acceptors (Lipinski definition) is 2. The molecular formula is C7H5F4NO. The molecule has 1 heterocycles. The van der Waals surface area contributed by atoms with Gasteiger partial charge in [0.15, 0.2) is 5.82 Å². The maximum atomic E-state index is 12.6. The first-order valence-electron chi connectivity index (χ1n) is 3.30. The zero-order valence-corrected chi connectivity index (χ0v) is 6.27. The van der Waals surface area contributed by atoms with Crippen LogP contribution in [-0.4, -0.2) is 10.1 Å². The number of alkyl halides is 2. The lowest BCUT2D eigenvalue weighted by Gasteiger charge is -2.03. The Morgan fingerprint density at radius 3 is 2.46 bits per heavy atom. The van der Waals surface area contributed by atoms with E-state index in [0.717, 1.165) is 0 Å². The molecule has 72 valence electrons. The number of aliphatic hydroxyl groups excluding tert-OH is 1. The Balaban J connectivity index is 3.20. The van der Waals surface area contributed by atoms with Crippen LogP contribution < -0.4 is 0 Å². The first-order valence-corrected chi connectivity index (χ1v) is 3.30. The van der Waals surface area contributed by atoms with E-state index in [-0.39, 0.29) is 0 Å². The Labute approximate surface area is 70.8 Å². The summed E-state index contributed by atoms with van der Waals surface area (Å²) in [4.78, 5) is 2.69. The smallest absolute Gasteiger partial charge is 0.283 e. The number of aromatic nitrogens is 1. The summed E-state index contributed by atoms with van der Waals surface area (Å²) in [6, 6.07) is 0.504. The number of pyridine rings is 1. The molecule has 0 aliphatic rings. The summed E-state index contributed by atoms with van der Waals surface area (Å²) in [6.45, 7) is -0.779. The maximum Gasteiger partial charge on any atom is 0.283 e. The van der Waals surface area contributed by atoms with Crippen molar-refractivity contribution in [3.63, 3.8) is 0 Å². The number of hydrogen-bond donors (Lipinski definition) is 1. The molecule has 0 spiro atoms. The number of aliphatic hydroxyl groups is 1. The van der Waals surface area contributed by atoms with Crippen LogP contribution in [0.1, 0.15) is 17.7 Å². The quantitative estimate of drug-likeness (QED) is 0.576. The van der Waals surface area contributed by atoms with E-state index in [1.807, 2.05) is 0 Å². The van der Waals surface area contributed by atoms with E-state index >= 15 is 0 Å². The second-order valence-corrected chi connectivity index (χ2v) is 2.26. The first kappa shape index (κ1) is 9.91. The molecule has 0 unspecified atom stereocenters. The molecule has 1 aromatic heterocycles. The van der Waals surface area contributed by atoms with Crippen molar-refractivity contribution < 1.29 is 22.7 Å². The van der Waals surface area contributed by atoms with E-state index in [0.29, 0.717) is 6.07 Å². The minimum absolute atomic E-state index is 0.443. The molecule has 1 rings (SSSR count). The molecule has 0 aliphatic carbocycles. The van der Waals surface area contributed by atoms with Crippen LogP contribution >= 0.6 is 0 Å². The minimum Gasteiger partial charge on any atom is -0.392 e. The van der Waals surface area contributed by atoms with Crippen molar-refractivity contribution in [2.75, 3.05) is 0 Å². The van der Waals surface area contributed by atoms with Gasteiger partial charge < -0.3 is 5.11 Å². The second-order valence-electron chi connectivity index (χ2n) is 2.26. The highest BCUT2D eigenvalue weighted by molar-refractivity contribution is 5.17. The predicted octanol–water partition coefficient (Wildman–Crippen LogP) is 1.79. The minimum atomic E-state index is -3.16. The van der Waals surface area contributed by atoms with Crippen LogP contribution in [0.4, 0.5) is 17.6 Å². The van der Waals surface area contributed by atoms with Gasteiger partial charge in [-0.1, -0.05) is 0 Å². The van der Waals surface area contributed by atoms with Gasteiger partial charge in [-0.25, -0.2) is 18.2 Å². The average molecular weight is 195 g/mol. The molecule has 1 aromatic rings. The van der Waals surface area contributed by atoms with E-state index in [2.05, 4.69) is 4.98 Å². The van der Waals surface area contributed by atoms with E-state index < -0.39 is 36.1 Å². The van der Waals surface area contributed by atoms with Gasteiger partial charge in [0.05, 0.1) is 6.61 Å². The SMILES string of the molecule is OCc1cc(F)c(C(F)F)nc1F. The van der Waals surface area contributed by atoms with Crippen LogP contribution in [-0.2, 0) is 6.61 Å². The third kappa shape index (κ3) is 1.95. The number of nitrogens with zero attached hydrogens (tertiary/aromatic N) is 1. The molecule has 6 heteroatoms. The monoisotopic (exact) mass is 195 g/mol. The van der Waals surface area contributed by atoms with E-state index in [4.69, 9.17) is 5.11 Å². The summed E-state index contributed by atoms with van der Waals surface area (Å²) in [6.07, 6.45) is -3.16. The van der Waals surface area contributed by atoms with Crippen molar-refractivity contribution >= 4 is 0 Å². The van der Waals surface area contributed by atoms with Crippen molar-refractivity contribution in [1.29, 1.82) is 0 Å². The van der Waals surface area contributed by atoms with Gasteiger partial charge in [0.1, 0.15) is 5.69 Å². The summed E-state index contributed by atoms with van der Waals surface area (Å²) in [7, 11) is 0. The fraction of sp³-hybridized carbons (Fsp3) is 0.286. The fourth-order valence-electron chi connectivity index (χ4n) is 0.781. The van der Waals surface area contributed by atoms with Crippen LogP contribution in [0.3, 0.4) is 0 Å². The molecule has 0 saturated carbocycles. The molecule has 0 amide bonds. The summed E-state index contributed by atoms with van der Waals surface area (Å²) in [5.74, 6) is -2.60. The van der Waals surface area contributed by atoms with Crippen molar-refractivity contribution in [2.24, 2.45) is 0 Å². The molecule has 0 aromatic carbocycles. The van der Waals surface area contributed by atoms with Crippen molar-refractivity contribution in [3.8, 4) is 0 Å². The van der Waals surface area contributed by atoms with E-state index in [1.54, 1.807) is 0 Å². The summed E-state index contributed by atoms with van der Waals surface area (Å²) in [5.41, 5.74) is -1.68. The highest BCUT2D eigenvalue weighted by Crippen LogP contribution is 2.21. The molecule has 0 aliphatic heterocycles. The highest BCUT2D eigenvalue weighted by atomic mass is 19.3. The highest BCUT2D eigenvalue weighted by Gasteiger charge is 2.18. The lowest BCUT2D eigenvalue weighted by Crippen LogP contribution is -2.03. The van der Waals surface area contributed by atoms with Crippen molar-refractivity contribution in [2.45, 2.75) is 13.0 Å². The molecule has 2 nitrogen and oxygen atoms in total. The maximum absolute atomic E-state index is 12.6. The Morgan fingerprint density at radius 2 is 2.00 bits per heavy atom. The fourth-order valence-corrected chi connectivity index (χ4v) is 0.781. The standard InChI is InChI=1S/C7H5F4NO/c8-4-1-3(2-13)7(11)12-5(4)6(9)10/h1,6,13H,2H2. The predicted molar refractivity (Wildman–Crippen MR) is 35.0 cm³/mol. The van der Waals surface area contributed by atoms with Crippen LogP contribution in [0, 0.1) is 11.8 Å². The normalized spacial score (nSPS) is 10.9. The lowest BCUT2D eigenvalue weighted by molar-refractivity contribution is 0.138. The van der Waals surface area contributed by atoms with Gasteiger partial charge in [0.25, 0.3) is 6.43 Å². The number of rotatable bonds is 2. The largest absolute Gasteiger partial charge is 0.392 e. The van der Waals surface area contributed by atoms with Crippen LogP contribution in [0.15, 0.2) is 6.07 Å². The second kappa shape index (κ2) is 3.69. The van der Waals surface area contributed by atoms with Gasteiger partial charge in [-0.15, -0.1) is 0 Å². The van der Waals surface area contributed by atoms with Crippen LogP contribution in [0.5, 0.6) is 0 Å². The Kier molecular flexibility index (Phi) is 2.82. The van der Waals surface area contributed by atoms with Gasteiger partial charge in [0, 0.05) is 5.56 Å². The molecule has 13 heavy (non-hydrogen) atoms. The molecule has 0 saturated heterocycles. The van der Waals surface area contributed by atoms with Gasteiger partial charge >= 0.3 is 0 Å². The topological polar surface area (TPSA) is 33.1 Å². The average Bonchev–Trinajstić information content (AvgIpc) is 2.07. The van der Waals surface area contributed by atoms with Gasteiger partial charge in [-0.3, -0.25) is 0 Å². The Morgan fingerprint density at radius 1 is 1.38 bits per heavy atom. The van der Waals surface area contributed by atoms with Gasteiger partial charge in [0.2, 0.25) is 5.95 Å². The van der Waals surface area contributed by atoms with Gasteiger partial charge in [-0.05, 0) is 6.07 Å². The lowest BCUT2D eigenvalue weighted by atomic mass is 10.2. The third-order valence-corrected chi connectivity index (χ3v) is 1.41. The molecule has 0 radical (unpaired) electrons. The molecular weight excluding hydrogens is 190 g/mol. The van der Waals surface area contributed by atoms with Gasteiger partial charge in [-0.2, -0.15) is 4.39 Å². The zero-order valence-electron chi connectivity index (χ0n) is 6.27. The summed E-state index contributed by atoms with van der Waals surface area (Å²) >= 11 is 0. The number of halogens is 4. The Bertz CT molecular complexity index is 316. The third-order valence-electron chi connectivity index (χ3n) is 1.41. The van der Waals surface area contributed by atoms with Crippen molar-refractivity contribution in [3.05, 3.63) is 29.1 Å². The first-order chi connectivity index (χ1) is 6.06. The van der Waals surface area contributed by atoms with Crippen LogP contribution in [0.25, 0.3) is 0 Å². The molecule has 0 fully saturated rings. The zero-order chi connectivity index (χ0) is 10.0. The summed E-state index contributed by atoms with van der Waals surface area (Å²) in [5, 5.41) is 8.44. The molecule has 1 N–H and O–H groups in total.